The predicted molar refractivity (Wildman–Crippen MR) is 113 cm³/mol. The first-order valence-electron chi connectivity index (χ1n) is 10.2. The Balaban J connectivity index is 1.75. The number of ether oxygens (including phenoxy) is 1. The zero-order valence-corrected chi connectivity index (χ0v) is 16.7. The second-order valence-electron chi connectivity index (χ2n) is 8.45. The normalized spacial score (nSPS) is 31.0. The average Bonchev–Trinajstić information content (AvgIpc) is 3.27. The van der Waals surface area contributed by atoms with E-state index >= 15 is 0 Å². The Bertz CT molecular complexity index is 1070. The number of anilines is 2. The minimum Gasteiger partial charge on any atom is -0.452 e. The highest BCUT2D eigenvalue weighted by Gasteiger charge is 2.71. The molecule has 0 radical (unpaired) electrons. The van der Waals surface area contributed by atoms with Crippen LogP contribution in [0.15, 0.2) is 53.5 Å². The molecule has 0 aliphatic carbocycles. The van der Waals surface area contributed by atoms with Crippen LogP contribution in [0, 0.1) is 0 Å². The number of likely N-dealkylation sites (tertiary alicyclic amines) is 1. The van der Waals surface area contributed by atoms with Gasteiger partial charge in [-0.1, -0.05) is 36.4 Å². The zero-order valence-electron chi connectivity index (χ0n) is 16.7. The van der Waals surface area contributed by atoms with Gasteiger partial charge in [0.05, 0.1) is 23.6 Å². The number of hydrogen-bond donors (Lipinski definition) is 1. The van der Waals surface area contributed by atoms with E-state index < -0.39 is 0 Å². The van der Waals surface area contributed by atoms with Gasteiger partial charge in [0.15, 0.2) is 0 Å². The minimum atomic E-state index is -0.326. The fourth-order valence-corrected chi connectivity index (χ4v) is 6.53. The van der Waals surface area contributed by atoms with Crippen molar-refractivity contribution in [3.8, 4) is 0 Å². The zero-order chi connectivity index (χ0) is 19.8. The average molecular weight is 388 g/mol. The lowest BCUT2D eigenvalue weighted by Gasteiger charge is -2.58. The van der Waals surface area contributed by atoms with Crippen molar-refractivity contribution in [2.75, 3.05) is 37.5 Å². The standard InChI is InChI=1S/C23H24N4O2/c1-26-14-12-23-16-8-4-6-10-18(16)27(21(28)29-2)20-22(23,11-13-24-19(23)26)15-7-3-5-9-17(15)25-20/h3-10,20,25H,11-14H2,1-2H3/t20-,22-,23+/m0/s1. The van der Waals surface area contributed by atoms with Gasteiger partial charge in [0.25, 0.3) is 0 Å². The molecular weight excluding hydrogens is 364 g/mol. The smallest absolute Gasteiger partial charge is 0.415 e. The summed E-state index contributed by atoms with van der Waals surface area (Å²) in [5.74, 6) is 1.16. The van der Waals surface area contributed by atoms with Gasteiger partial charge in [-0.05, 0) is 36.1 Å². The van der Waals surface area contributed by atoms with Gasteiger partial charge in [-0.25, -0.2) is 4.79 Å². The molecule has 3 atom stereocenters. The van der Waals surface area contributed by atoms with Gasteiger partial charge in [-0.3, -0.25) is 9.89 Å². The van der Waals surface area contributed by atoms with Gasteiger partial charge in [-0.15, -0.1) is 0 Å². The Hall–Kier alpha value is -3.02. The number of aliphatic imine (C=N–C) groups is 1. The first-order chi connectivity index (χ1) is 14.1. The van der Waals surface area contributed by atoms with E-state index in [2.05, 4.69) is 53.7 Å². The maximum Gasteiger partial charge on any atom is 0.415 e. The van der Waals surface area contributed by atoms with Crippen molar-refractivity contribution in [1.82, 2.24) is 4.90 Å². The van der Waals surface area contributed by atoms with Crippen LogP contribution in [0.25, 0.3) is 0 Å². The summed E-state index contributed by atoms with van der Waals surface area (Å²) in [6.07, 6.45) is 1.34. The van der Waals surface area contributed by atoms with Gasteiger partial charge >= 0.3 is 6.09 Å². The summed E-state index contributed by atoms with van der Waals surface area (Å²) in [5.41, 5.74) is 3.96. The number of nitrogens with zero attached hydrogens (tertiary/aromatic N) is 3. The van der Waals surface area contributed by atoms with E-state index in [9.17, 15) is 4.79 Å². The van der Waals surface area contributed by atoms with Gasteiger partial charge in [0.2, 0.25) is 0 Å². The lowest BCUT2D eigenvalue weighted by atomic mass is 9.51. The van der Waals surface area contributed by atoms with Crippen molar-refractivity contribution in [2.45, 2.75) is 29.8 Å². The number of amidine groups is 1. The molecule has 1 saturated heterocycles. The highest BCUT2D eigenvalue weighted by Crippen LogP contribution is 2.65. The van der Waals surface area contributed by atoms with Crippen molar-refractivity contribution in [3.63, 3.8) is 0 Å². The molecule has 2 spiro atoms. The number of nitrogens with one attached hydrogen (secondary N) is 1. The molecule has 4 aliphatic rings. The molecule has 1 N–H and O–H groups in total. The largest absolute Gasteiger partial charge is 0.452 e. The molecule has 6 heteroatoms. The summed E-state index contributed by atoms with van der Waals surface area (Å²) in [5, 5.41) is 3.71. The number of fused-ring (bicyclic) bond motifs is 2. The molecule has 29 heavy (non-hydrogen) atoms. The molecule has 1 fully saturated rings. The molecule has 4 aliphatic heterocycles. The molecule has 0 bridgehead atoms. The molecule has 6 nitrogen and oxygen atoms in total. The van der Waals surface area contributed by atoms with Crippen molar-refractivity contribution >= 4 is 23.3 Å². The highest BCUT2D eigenvalue weighted by molar-refractivity contribution is 6.04. The molecule has 148 valence electrons. The van der Waals surface area contributed by atoms with Crippen LogP contribution in [0.5, 0.6) is 0 Å². The topological polar surface area (TPSA) is 57.2 Å². The monoisotopic (exact) mass is 388 g/mol. The van der Waals surface area contributed by atoms with E-state index in [1.54, 1.807) is 0 Å². The van der Waals surface area contributed by atoms with E-state index in [-0.39, 0.29) is 23.1 Å². The number of amides is 1. The first-order valence-corrected chi connectivity index (χ1v) is 10.2. The molecule has 2 aromatic carbocycles. The van der Waals surface area contributed by atoms with Crippen molar-refractivity contribution < 1.29 is 9.53 Å². The molecular formula is C23H24N4O2. The van der Waals surface area contributed by atoms with Crippen LogP contribution in [-0.2, 0) is 15.6 Å². The number of hydrogen-bond acceptors (Lipinski definition) is 5. The summed E-state index contributed by atoms with van der Waals surface area (Å²) in [7, 11) is 3.60. The number of likely N-dealkylation sites (N-methyl/N-ethyl adjacent to an activating group) is 1. The Morgan fingerprint density at radius 1 is 1.14 bits per heavy atom. The predicted octanol–water partition coefficient (Wildman–Crippen LogP) is 3.34. The Morgan fingerprint density at radius 3 is 2.72 bits per heavy atom. The lowest BCUT2D eigenvalue weighted by molar-refractivity contribution is 0.158. The number of methoxy groups -OCH3 is 1. The quantitative estimate of drug-likeness (QED) is 0.752. The Morgan fingerprint density at radius 2 is 1.90 bits per heavy atom. The van der Waals surface area contributed by atoms with Gasteiger partial charge < -0.3 is 15.0 Å². The summed E-state index contributed by atoms with van der Waals surface area (Å²) in [4.78, 5) is 22.3. The summed E-state index contributed by atoms with van der Waals surface area (Å²) in [6, 6.07) is 16.8. The number of benzene rings is 2. The van der Waals surface area contributed by atoms with Gasteiger partial charge in [0.1, 0.15) is 12.0 Å². The summed E-state index contributed by atoms with van der Waals surface area (Å²) >= 11 is 0. The third kappa shape index (κ3) is 1.74. The van der Waals surface area contributed by atoms with E-state index in [1.807, 2.05) is 17.0 Å². The Labute approximate surface area is 170 Å². The second kappa shape index (κ2) is 5.53. The van der Waals surface area contributed by atoms with Crippen LogP contribution in [0.3, 0.4) is 0 Å². The number of carbonyl (C=O) groups excluding carboxylic acids is 1. The third-order valence-corrected chi connectivity index (χ3v) is 7.51. The molecule has 2 aromatic rings. The lowest BCUT2D eigenvalue weighted by Crippen LogP contribution is -2.69. The van der Waals surface area contributed by atoms with Crippen LogP contribution < -0.4 is 10.2 Å². The fraction of sp³-hybridized carbons (Fsp3) is 0.391. The second-order valence-corrected chi connectivity index (χ2v) is 8.45. The van der Waals surface area contributed by atoms with Crippen LogP contribution in [-0.4, -0.2) is 50.2 Å². The minimum absolute atomic E-state index is 0.209. The summed E-state index contributed by atoms with van der Waals surface area (Å²) < 4.78 is 5.27. The van der Waals surface area contributed by atoms with Crippen molar-refractivity contribution in [1.29, 1.82) is 0 Å². The van der Waals surface area contributed by atoms with E-state index in [0.717, 1.165) is 43.1 Å². The molecule has 0 saturated carbocycles. The third-order valence-electron chi connectivity index (χ3n) is 7.51. The highest BCUT2D eigenvalue weighted by atomic mass is 16.5. The maximum absolute atomic E-state index is 13.1. The van der Waals surface area contributed by atoms with Gasteiger partial charge in [0, 0.05) is 25.8 Å². The maximum atomic E-state index is 13.1. The van der Waals surface area contributed by atoms with Gasteiger partial charge in [-0.2, -0.15) is 0 Å². The molecule has 6 rings (SSSR count). The SMILES string of the molecule is COC(=O)N1c2ccccc2[C@]23CCN(C)C2=NCC[C@@]32c3ccccc3N[C@@H]12. The van der Waals surface area contributed by atoms with E-state index in [0.29, 0.717) is 0 Å². The number of rotatable bonds is 0. The van der Waals surface area contributed by atoms with Crippen molar-refractivity contribution in [3.05, 3.63) is 59.7 Å². The van der Waals surface area contributed by atoms with Crippen LogP contribution in [0.4, 0.5) is 16.2 Å². The summed E-state index contributed by atoms with van der Waals surface area (Å²) in [6.45, 7) is 1.72. The number of carbonyl (C=O) groups is 1. The fourth-order valence-electron chi connectivity index (χ4n) is 6.53. The van der Waals surface area contributed by atoms with E-state index in [1.165, 1.54) is 18.2 Å². The molecule has 0 unspecified atom stereocenters. The molecule has 4 heterocycles. The Kier molecular flexibility index (Phi) is 3.22. The molecule has 0 aromatic heterocycles. The van der Waals surface area contributed by atoms with Crippen LogP contribution >= 0.6 is 0 Å². The molecule has 1 amide bonds. The van der Waals surface area contributed by atoms with Crippen LogP contribution in [0.2, 0.25) is 0 Å². The number of para-hydroxylation sites is 2. The van der Waals surface area contributed by atoms with Crippen molar-refractivity contribution in [2.24, 2.45) is 4.99 Å². The first kappa shape index (κ1) is 16.9. The van der Waals surface area contributed by atoms with E-state index in [4.69, 9.17) is 9.73 Å². The van der Waals surface area contributed by atoms with Crippen LogP contribution in [0.1, 0.15) is 24.0 Å².